The third-order valence-electron chi connectivity index (χ3n) is 4.24. The second-order valence-corrected chi connectivity index (χ2v) is 7.31. The van der Waals surface area contributed by atoms with Gasteiger partial charge in [0.1, 0.15) is 10.6 Å². The topological polar surface area (TPSA) is 45.8 Å². The first-order valence-electron chi connectivity index (χ1n) is 7.80. The monoisotopic (exact) mass is 360 g/mol. The number of fused-ring (bicyclic) bond motifs is 3. The van der Waals surface area contributed by atoms with Crippen molar-refractivity contribution < 1.29 is 4.39 Å². The number of benzene rings is 1. The maximum absolute atomic E-state index is 13.8. The largest absolute Gasteiger partial charge is 0.305 e. The van der Waals surface area contributed by atoms with Gasteiger partial charge in [-0.05, 0) is 43.4 Å². The number of aromatic amines is 1. The summed E-state index contributed by atoms with van der Waals surface area (Å²) < 4.78 is 13.8. The Morgan fingerprint density at radius 1 is 1.29 bits per heavy atom. The molecule has 4 rings (SSSR count). The van der Waals surface area contributed by atoms with Gasteiger partial charge in [-0.15, -0.1) is 11.3 Å². The minimum absolute atomic E-state index is 0.172. The highest BCUT2D eigenvalue weighted by Crippen LogP contribution is 2.34. The van der Waals surface area contributed by atoms with Crippen LogP contribution in [0, 0.1) is 5.82 Å². The highest BCUT2D eigenvalue weighted by molar-refractivity contribution is 7.18. The Kier molecular flexibility index (Phi) is 3.98. The van der Waals surface area contributed by atoms with E-state index in [2.05, 4.69) is 9.97 Å². The molecule has 0 saturated heterocycles. The van der Waals surface area contributed by atoms with Crippen LogP contribution in [0.4, 0.5) is 4.39 Å². The van der Waals surface area contributed by atoms with Crippen molar-refractivity contribution in [1.82, 2.24) is 9.97 Å². The quantitative estimate of drug-likeness (QED) is 0.717. The van der Waals surface area contributed by atoms with Crippen LogP contribution in [0.2, 0.25) is 0 Å². The molecule has 1 aliphatic rings. The molecule has 24 heavy (non-hydrogen) atoms. The maximum atomic E-state index is 13.8. The molecule has 3 aromatic rings. The molecular formula is C18H14ClFN2OS. The summed E-state index contributed by atoms with van der Waals surface area (Å²) >= 11 is 7.84. The lowest BCUT2D eigenvalue weighted by Crippen LogP contribution is -2.12. The minimum atomic E-state index is -0.370. The van der Waals surface area contributed by atoms with Gasteiger partial charge in [0.2, 0.25) is 0 Å². The highest BCUT2D eigenvalue weighted by atomic mass is 35.5. The molecule has 0 amide bonds. The third-order valence-corrected chi connectivity index (χ3v) is 5.71. The van der Waals surface area contributed by atoms with E-state index in [-0.39, 0.29) is 22.2 Å². The summed E-state index contributed by atoms with van der Waals surface area (Å²) in [7, 11) is 0. The zero-order valence-corrected chi connectivity index (χ0v) is 14.3. The zero-order valence-electron chi connectivity index (χ0n) is 12.7. The number of thiophene rings is 1. The van der Waals surface area contributed by atoms with Crippen molar-refractivity contribution in [3.63, 3.8) is 0 Å². The zero-order chi connectivity index (χ0) is 16.7. The molecule has 0 aliphatic heterocycles. The van der Waals surface area contributed by atoms with Crippen LogP contribution in [0.5, 0.6) is 0 Å². The Morgan fingerprint density at radius 2 is 2.08 bits per heavy atom. The average Bonchev–Trinajstić information content (AvgIpc) is 2.95. The van der Waals surface area contributed by atoms with Gasteiger partial charge >= 0.3 is 0 Å². The molecule has 0 atom stereocenters. The molecule has 6 heteroatoms. The molecule has 1 aromatic carbocycles. The predicted octanol–water partition coefficient (Wildman–Crippen LogP) is 4.74. The number of aryl methyl sites for hydroxylation is 2. The summed E-state index contributed by atoms with van der Waals surface area (Å²) in [6, 6.07) is 6.33. The molecule has 3 nitrogen and oxygen atoms in total. The van der Waals surface area contributed by atoms with Gasteiger partial charge in [0.05, 0.1) is 10.4 Å². The molecule has 1 aliphatic carbocycles. The number of hydrogen-bond acceptors (Lipinski definition) is 3. The Balaban J connectivity index is 1.83. The standard InChI is InChI=1S/C18H14ClFN2OS/c19-12(9-10-5-1-3-7-13(10)20)16-21-17(23)15-11-6-2-4-8-14(11)24-18(15)22-16/h1,3,5,7,9H,2,4,6,8H2,(H,21,22,23)/b12-9-. The van der Waals surface area contributed by atoms with Gasteiger partial charge in [0, 0.05) is 10.4 Å². The van der Waals surface area contributed by atoms with Crippen molar-refractivity contribution in [2.45, 2.75) is 25.7 Å². The molecule has 0 bridgehead atoms. The fourth-order valence-corrected chi connectivity index (χ4v) is 4.54. The summed E-state index contributed by atoms with van der Waals surface area (Å²) in [6.07, 6.45) is 5.67. The van der Waals surface area contributed by atoms with Crippen molar-refractivity contribution in [1.29, 1.82) is 0 Å². The van der Waals surface area contributed by atoms with Crippen LogP contribution in [-0.4, -0.2) is 9.97 Å². The lowest BCUT2D eigenvalue weighted by atomic mass is 9.97. The molecule has 0 spiro atoms. The number of aromatic nitrogens is 2. The van der Waals surface area contributed by atoms with Crippen LogP contribution >= 0.6 is 22.9 Å². The van der Waals surface area contributed by atoms with E-state index in [1.165, 1.54) is 17.0 Å². The van der Waals surface area contributed by atoms with Crippen LogP contribution in [0.15, 0.2) is 29.1 Å². The van der Waals surface area contributed by atoms with Crippen molar-refractivity contribution in [2.24, 2.45) is 0 Å². The third kappa shape index (κ3) is 2.68. The summed E-state index contributed by atoms with van der Waals surface area (Å²) in [6.45, 7) is 0. The first-order valence-corrected chi connectivity index (χ1v) is 8.99. The van der Waals surface area contributed by atoms with E-state index >= 15 is 0 Å². The molecule has 0 radical (unpaired) electrons. The van der Waals surface area contributed by atoms with Crippen LogP contribution < -0.4 is 5.56 Å². The van der Waals surface area contributed by atoms with E-state index in [1.807, 2.05) is 0 Å². The highest BCUT2D eigenvalue weighted by Gasteiger charge is 2.20. The van der Waals surface area contributed by atoms with Gasteiger partial charge in [-0.3, -0.25) is 4.79 Å². The van der Waals surface area contributed by atoms with E-state index < -0.39 is 0 Å². The number of halogens is 2. The van der Waals surface area contributed by atoms with Crippen LogP contribution in [0.1, 0.15) is 34.7 Å². The molecule has 0 saturated carbocycles. The first kappa shape index (κ1) is 15.5. The molecular weight excluding hydrogens is 347 g/mol. The SMILES string of the molecule is O=c1[nH]c(/C(Cl)=C/c2ccccc2F)nc2sc3c(c12)CCCC3. The van der Waals surface area contributed by atoms with Crippen molar-refractivity contribution >= 4 is 44.3 Å². The molecule has 2 heterocycles. The maximum Gasteiger partial charge on any atom is 0.260 e. The fourth-order valence-electron chi connectivity index (χ4n) is 3.07. The predicted molar refractivity (Wildman–Crippen MR) is 97.0 cm³/mol. The Hall–Kier alpha value is -1.98. The summed E-state index contributed by atoms with van der Waals surface area (Å²) in [5, 5.41) is 0.902. The van der Waals surface area contributed by atoms with Crippen LogP contribution in [-0.2, 0) is 12.8 Å². The Labute approximate surface area is 146 Å². The number of rotatable bonds is 2. The van der Waals surface area contributed by atoms with Crippen LogP contribution in [0.25, 0.3) is 21.3 Å². The smallest absolute Gasteiger partial charge is 0.260 e. The van der Waals surface area contributed by atoms with E-state index in [0.29, 0.717) is 15.8 Å². The van der Waals surface area contributed by atoms with Crippen molar-refractivity contribution in [3.05, 3.63) is 62.3 Å². The molecule has 0 fully saturated rings. The second kappa shape index (κ2) is 6.15. The lowest BCUT2D eigenvalue weighted by molar-refractivity contribution is 0.625. The number of nitrogens with one attached hydrogen (secondary N) is 1. The Bertz CT molecular complexity index is 1020. The van der Waals surface area contributed by atoms with E-state index in [1.54, 1.807) is 29.5 Å². The van der Waals surface area contributed by atoms with Gasteiger partial charge in [-0.2, -0.15) is 0 Å². The van der Waals surface area contributed by atoms with E-state index in [4.69, 9.17) is 11.6 Å². The molecule has 2 aromatic heterocycles. The van der Waals surface area contributed by atoms with Gasteiger partial charge < -0.3 is 4.98 Å². The first-order chi connectivity index (χ1) is 11.6. The van der Waals surface area contributed by atoms with Gasteiger partial charge in [-0.25, -0.2) is 9.37 Å². The number of H-pyrrole nitrogens is 1. The second-order valence-electron chi connectivity index (χ2n) is 5.82. The van der Waals surface area contributed by atoms with Gasteiger partial charge in [-0.1, -0.05) is 29.8 Å². The summed E-state index contributed by atoms with van der Waals surface area (Å²) in [4.78, 5) is 21.7. The lowest BCUT2D eigenvalue weighted by Gasteiger charge is -2.09. The minimum Gasteiger partial charge on any atom is -0.305 e. The molecule has 0 unspecified atom stereocenters. The number of hydrogen-bond donors (Lipinski definition) is 1. The van der Waals surface area contributed by atoms with E-state index in [9.17, 15) is 9.18 Å². The normalized spacial score (nSPS) is 14.8. The van der Waals surface area contributed by atoms with Crippen molar-refractivity contribution in [3.8, 4) is 0 Å². The fraction of sp³-hybridized carbons (Fsp3) is 0.222. The summed E-state index contributed by atoms with van der Waals surface area (Å²) in [5.41, 5.74) is 1.32. The van der Waals surface area contributed by atoms with Crippen LogP contribution in [0.3, 0.4) is 0 Å². The number of nitrogens with zero attached hydrogens (tertiary/aromatic N) is 1. The van der Waals surface area contributed by atoms with Gasteiger partial charge in [0.15, 0.2) is 5.82 Å². The van der Waals surface area contributed by atoms with Gasteiger partial charge in [0.25, 0.3) is 5.56 Å². The molecule has 122 valence electrons. The average molecular weight is 361 g/mol. The molecule has 1 N–H and O–H groups in total. The van der Waals surface area contributed by atoms with E-state index in [0.717, 1.165) is 31.2 Å². The summed E-state index contributed by atoms with van der Waals surface area (Å²) in [5.74, 6) is -0.0957. The Morgan fingerprint density at radius 3 is 2.92 bits per heavy atom. The van der Waals surface area contributed by atoms with Crippen molar-refractivity contribution in [2.75, 3.05) is 0 Å².